The number of piperazine rings is 1. The van der Waals surface area contributed by atoms with Gasteiger partial charge in [-0.25, -0.2) is 8.42 Å². The molecule has 24 heavy (non-hydrogen) atoms. The second-order valence-electron chi connectivity index (χ2n) is 6.40. The molecule has 1 aromatic rings. The molecule has 134 valence electrons. The molecule has 0 saturated carbocycles. The number of hydrogen-bond acceptors (Lipinski definition) is 3. The molecule has 0 bridgehead atoms. The fourth-order valence-corrected chi connectivity index (χ4v) is 4.48. The molecule has 1 amide bonds. The van der Waals surface area contributed by atoms with Crippen LogP contribution in [0.25, 0.3) is 0 Å². The largest absolute Gasteiger partial charge is 0.349 e. The number of nitrogens with zero attached hydrogens (tertiary/aromatic N) is 1. The summed E-state index contributed by atoms with van der Waals surface area (Å²) in [7, 11) is -3.42. The summed E-state index contributed by atoms with van der Waals surface area (Å²) in [5.41, 5.74) is 0. The lowest BCUT2D eigenvalue weighted by Gasteiger charge is -2.31. The quantitative estimate of drug-likeness (QED) is 0.717. The zero-order valence-electron chi connectivity index (χ0n) is 14.5. The van der Waals surface area contributed by atoms with E-state index in [0.717, 1.165) is 17.7 Å². The van der Waals surface area contributed by atoms with Gasteiger partial charge in [-0.3, -0.25) is 4.79 Å². The third-order valence-electron chi connectivity index (χ3n) is 4.35. The minimum absolute atomic E-state index is 0.0466. The van der Waals surface area contributed by atoms with E-state index in [9.17, 15) is 13.2 Å². The van der Waals surface area contributed by atoms with Gasteiger partial charge in [-0.2, -0.15) is 4.31 Å². The Balaban J connectivity index is 1.84. The number of benzene rings is 1. The van der Waals surface area contributed by atoms with Gasteiger partial charge in [-0.1, -0.05) is 31.5 Å². The fourth-order valence-electron chi connectivity index (χ4n) is 3.02. The third kappa shape index (κ3) is 5.03. The van der Waals surface area contributed by atoms with Crippen LogP contribution in [0.3, 0.4) is 0 Å². The van der Waals surface area contributed by atoms with Gasteiger partial charge in [-0.05, 0) is 25.5 Å². The van der Waals surface area contributed by atoms with Crippen molar-refractivity contribution in [2.45, 2.75) is 37.6 Å². The third-order valence-corrected chi connectivity index (χ3v) is 6.26. The first-order valence-electron chi connectivity index (χ1n) is 8.61. The van der Waals surface area contributed by atoms with Gasteiger partial charge in [-0.15, -0.1) is 0 Å². The normalized spacial score (nSPS) is 18.2. The van der Waals surface area contributed by atoms with Crippen molar-refractivity contribution in [1.82, 2.24) is 9.62 Å². The van der Waals surface area contributed by atoms with E-state index in [1.165, 1.54) is 4.31 Å². The predicted molar refractivity (Wildman–Crippen MR) is 93.3 cm³/mol. The number of carbonyl (C=O) groups excluding carboxylic acids is 1. The predicted octanol–water partition coefficient (Wildman–Crippen LogP) is -0.119. The number of nitrogens with one attached hydrogen (secondary N) is 2. The maximum Gasteiger partial charge on any atom is 0.275 e. The number of hydrogen-bond donors (Lipinski definition) is 2. The topological polar surface area (TPSA) is 70.9 Å². The van der Waals surface area contributed by atoms with Crippen molar-refractivity contribution in [2.75, 3.05) is 32.7 Å². The molecule has 1 aromatic carbocycles. The van der Waals surface area contributed by atoms with Gasteiger partial charge in [0.25, 0.3) is 5.91 Å². The Bertz CT molecular complexity index is 626. The summed E-state index contributed by atoms with van der Waals surface area (Å²) in [5.74, 6) is 0.0466. The highest BCUT2D eigenvalue weighted by atomic mass is 32.2. The van der Waals surface area contributed by atoms with Crippen LogP contribution in [-0.2, 0) is 14.8 Å². The first-order chi connectivity index (χ1) is 11.4. The molecule has 1 aliphatic heterocycles. The molecular weight excluding hydrogens is 326 g/mol. The summed E-state index contributed by atoms with van der Waals surface area (Å²) in [4.78, 5) is 13.5. The van der Waals surface area contributed by atoms with Crippen LogP contribution in [0, 0.1) is 0 Å². The van der Waals surface area contributed by atoms with Gasteiger partial charge >= 0.3 is 0 Å². The van der Waals surface area contributed by atoms with Crippen LogP contribution >= 0.6 is 0 Å². The van der Waals surface area contributed by atoms with Crippen molar-refractivity contribution in [1.29, 1.82) is 0 Å². The summed E-state index contributed by atoms with van der Waals surface area (Å²) < 4.78 is 26.7. The summed E-state index contributed by atoms with van der Waals surface area (Å²) in [6, 6.07) is 8.71. The van der Waals surface area contributed by atoms with E-state index in [4.69, 9.17) is 0 Å². The Morgan fingerprint density at radius 3 is 2.46 bits per heavy atom. The van der Waals surface area contributed by atoms with Gasteiger partial charge in [0.05, 0.1) is 31.1 Å². The van der Waals surface area contributed by atoms with Crippen LogP contribution < -0.4 is 10.2 Å². The highest BCUT2D eigenvalue weighted by Crippen LogP contribution is 2.14. The Kier molecular flexibility index (Phi) is 6.77. The van der Waals surface area contributed by atoms with E-state index in [0.29, 0.717) is 37.6 Å². The molecule has 1 fully saturated rings. The standard InChI is InChI=1S/C17H27N3O3S/c1-3-7-15(2)18-17(21)14-19-10-12-20(13-11-19)24(22,23)16-8-5-4-6-9-16/h4-6,8-9,15H,3,7,10-14H2,1-2H3,(H,18,21)/p+1/t15-/m1/s1. The van der Waals surface area contributed by atoms with E-state index in [2.05, 4.69) is 12.2 Å². The second kappa shape index (κ2) is 8.60. The van der Waals surface area contributed by atoms with E-state index in [1.54, 1.807) is 30.3 Å². The zero-order valence-corrected chi connectivity index (χ0v) is 15.3. The van der Waals surface area contributed by atoms with Crippen molar-refractivity contribution in [3.63, 3.8) is 0 Å². The number of amides is 1. The molecular formula is C17H28N3O3S+. The molecule has 6 nitrogen and oxygen atoms in total. The van der Waals surface area contributed by atoms with Gasteiger partial charge in [0.15, 0.2) is 6.54 Å². The molecule has 0 radical (unpaired) electrons. The molecule has 1 atom stereocenters. The lowest BCUT2D eigenvalue weighted by molar-refractivity contribution is -0.895. The Hall–Kier alpha value is -1.44. The summed E-state index contributed by atoms with van der Waals surface area (Å²) in [5, 5.41) is 3.00. The first-order valence-corrected chi connectivity index (χ1v) is 10.1. The van der Waals surface area contributed by atoms with Crippen molar-refractivity contribution >= 4 is 15.9 Å². The lowest BCUT2D eigenvalue weighted by atomic mass is 10.2. The number of quaternary nitrogens is 1. The minimum atomic E-state index is -3.42. The number of sulfonamides is 1. The van der Waals surface area contributed by atoms with Crippen LogP contribution in [0.15, 0.2) is 35.2 Å². The van der Waals surface area contributed by atoms with Crippen molar-refractivity contribution < 1.29 is 18.1 Å². The Morgan fingerprint density at radius 2 is 1.88 bits per heavy atom. The second-order valence-corrected chi connectivity index (χ2v) is 8.34. The molecule has 2 rings (SSSR count). The number of rotatable bonds is 7. The Labute approximate surface area is 144 Å². The maximum absolute atomic E-state index is 12.6. The highest BCUT2D eigenvalue weighted by molar-refractivity contribution is 7.89. The van der Waals surface area contributed by atoms with Crippen molar-refractivity contribution in [2.24, 2.45) is 0 Å². The molecule has 7 heteroatoms. The average Bonchev–Trinajstić information content (AvgIpc) is 2.56. The van der Waals surface area contributed by atoms with E-state index >= 15 is 0 Å². The molecule has 0 aromatic heterocycles. The maximum atomic E-state index is 12.6. The monoisotopic (exact) mass is 354 g/mol. The summed E-state index contributed by atoms with van der Waals surface area (Å²) in [6.07, 6.45) is 2.02. The van der Waals surface area contributed by atoms with Crippen LogP contribution in [0.5, 0.6) is 0 Å². The van der Waals surface area contributed by atoms with Crippen LogP contribution in [0.1, 0.15) is 26.7 Å². The molecule has 1 aliphatic rings. The smallest absolute Gasteiger partial charge is 0.275 e. The van der Waals surface area contributed by atoms with Gasteiger partial charge in [0.2, 0.25) is 10.0 Å². The molecule has 2 N–H and O–H groups in total. The lowest BCUT2D eigenvalue weighted by Crippen LogP contribution is -3.15. The van der Waals surface area contributed by atoms with Crippen LogP contribution in [0.2, 0.25) is 0 Å². The van der Waals surface area contributed by atoms with Crippen molar-refractivity contribution in [3.05, 3.63) is 30.3 Å². The highest BCUT2D eigenvalue weighted by Gasteiger charge is 2.31. The molecule has 1 heterocycles. The van der Waals surface area contributed by atoms with Gasteiger partial charge in [0, 0.05) is 6.04 Å². The summed E-state index contributed by atoms with van der Waals surface area (Å²) >= 11 is 0. The average molecular weight is 354 g/mol. The van der Waals surface area contributed by atoms with Gasteiger partial charge < -0.3 is 10.2 Å². The first kappa shape index (κ1) is 18.9. The van der Waals surface area contributed by atoms with E-state index < -0.39 is 10.0 Å². The van der Waals surface area contributed by atoms with Gasteiger partial charge in [0.1, 0.15) is 0 Å². The van der Waals surface area contributed by atoms with Crippen molar-refractivity contribution in [3.8, 4) is 0 Å². The van der Waals surface area contributed by atoms with Crippen LogP contribution in [-0.4, -0.2) is 57.4 Å². The fraction of sp³-hybridized carbons (Fsp3) is 0.588. The minimum Gasteiger partial charge on any atom is -0.349 e. The molecule has 1 saturated heterocycles. The Morgan fingerprint density at radius 1 is 1.25 bits per heavy atom. The zero-order chi connectivity index (χ0) is 17.6. The van der Waals surface area contributed by atoms with E-state index in [1.807, 2.05) is 6.92 Å². The summed E-state index contributed by atoms with van der Waals surface area (Å²) in [6.45, 7) is 6.73. The SMILES string of the molecule is CCC[C@@H](C)NC(=O)C[NH+]1CCN(S(=O)(=O)c2ccccc2)CC1. The number of carbonyl (C=O) groups is 1. The molecule has 0 spiro atoms. The van der Waals surface area contributed by atoms with Crippen LogP contribution in [0.4, 0.5) is 0 Å². The molecule has 0 aliphatic carbocycles. The van der Waals surface area contributed by atoms with E-state index in [-0.39, 0.29) is 11.9 Å². The molecule has 0 unspecified atom stereocenters.